The second-order valence-electron chi connectivity index (χ2n) is 17.0. The summed E-state index contributed by atoms with van der Waals surface area (Å²) in [6.07, 6.45) is 8.53. The number of fused-ring (bicyclic) bond motifs is 2. The van der Waals surface area contributed by atoms with Crippen LogP contribution in [0.25, 0.3) is 66.7 Å². The number of nitrogens with zero attached hydrogens (tertiary/aromatic N) is 1. The summed E-state index contributed by atoms with van der Waals surface area (Å²) in [6.45, 7) is 11.4. The fourth-order valence-corrected chi connectivity index (χ4v) is 9.46. The molecule has 1 heteroatoms. The molecular weight excluding hydrogens is 663 g/mol. The third kappa shape index (κ3) is 5.60. The highest BCUT2D eigenvalue weighted by molar-refractivity contribution is 6.22. The average Bonchev–Trinajstić information content (AvgIpc) is 3.20. The van der Waals surface area contributed by atoms with Crippen LogP contribution in [0.5, 0.6) is 0 Å². The van der Waals surface area contributed by atoms with Crippen LogP contribution in [0.4, 0.5) is 17.1 Å². The first-order chi connectivity index (χ1) is 26.7. The molecule has 1 nitrogen and oxygen atoms in total. The van der Waals surface area contributed by atoms with Crippen molar-refractivity contribution in [2.75, 3.05) is 4.90 Å². The Morgan fingerprint density at radius 2 is 1.13 bits per heavy atom. The van der Waals surface area contributed by atoms with Crippen molar-refractivity contribution >= 4 is 61.5 Å². The van der Waals surface area contributed by atoms with Crippen LogP contribution in [0.15, 0.2) is 140 Å². The van der Waals surface area contributed by atoms with Crippen molar-refractivity contribution in [2.45, 2.75) is 65.2 Å². The highest BCUT2D eigenvalue weighted by atomic mass is 15.1. The van der Waals surface area contributed by atoms with Crippen LogP contribution in [-0.2, 0) is 5.41 Å². The number of benzene rings is 8. The fourth-order valence-electron chi connectivity index (χ4n) is 9.46. The lowest BCUT2D eigenvalue weighted by atomic mass is 9.77. The zero-order valence-electron chi connectivity index (χ0n) is 32.6. The van der Waals surface area contributed by atoms with Gasteiger partial charge in [0.2, 0.25) is 0 Å². The van der Waals surface area contributed by atoms with E-state index in [-0.39, 0.29) is 5.41 Å². The van der Waals surface area contributed by atoms with Crippen molar-refractivity contribution in [3.8, 4) is 22.3 Å². The van der Waals surface area contributed by atoms with Gasteiger partial charge in [0.15, 0.2) is 0 Å². The van der Waals surface area contributed by atoms with Crippen molar-refractivity contribution in [1.82, 2.24) is 0 Å². The molecule has 0 fully saturated rings. The Hall–Kier alpha value is -5.92. The number of anilines is 3. The molecule has 0 radical (unpaired) electrons. The van der Waals surface area contributed by atoms with Crippen molar-refractivity contribution in [2.24, 2.45) is 0 Å². The quantitative estimate of drug-likeness (QED) is 0.161. The third-order valence-electron chi connectivity index (χ3n) is 12.3. The summed E-state index contributed by atoms with van der Waals surface area (Å²) in [5.41, 5.74) is 14.1. The molecule has 1 atom stereocenters. The molecule has 0 spiro atoms. The Bertz CT molecular complexity index is 2840. The van der Waals surface area contributed by atoms with E-state index in [9.17, 15) is 0 Å². The maximum atomic E-state index is 2.49. The Labute approximate surface area is 324 Å². The topological polar surface area (TPSA) is 3.24 Å². The Morgan fingerprint density at radius 1 is 0.545 bits per heavy atom. The molecule has 2 aliphatic carbocycles. The molecule has 0 aromatic heterocycles. The van der Waals surface area contributed by atoms with Crippen LogP contribution >= 0.6 is 0 Å². The number of aryl methyl sites for hydroxylation is 2. The summed E-state index contributed by atoms with van der Waals surface area (Å²) in [5, 5.41) is 10.7. The van der Waals surface area contributed by atoms with E-state index in [1.807, 2.05) is 0 Å². The Kier molecular flexibility index (Phi) is 7.86. The van der Waals surface area contributed by atoms with Crippen LogP contribution in [0.2, 0.25) is 0 Å². The van der Waals surface area contributed by atoms with Crippen molar-refractivity contribution in [1.29, 1.82) is 0 Å². The SMILES string of the molecule is Cc1ccc(N(c2ccc(C)cc2)c2c3ccccc3c(-c3cc(-c4ccc5c6c7c(ccc46)=CCCC7CC=5)cc(C(C)(C)C)c3)c3ccccc23)cc1. The van der Waals surface area contributed by atoms with E-state index in [4.69, 9.17) is 0 Å². The van der Waals surface area contributed by atoms with E-state index >= 15 is 0 Å². The molecule has 8 aromatic carbocycles. The predicted molar refractivity (Wildman–Crippen MR) is 237 cm³/mol. The summed E-state index contributed by atoms with van der Waals surface area (Å²) < 4.78 is 0. The van der Waals surface area contributed by atoms with Gasteiger partial charge in [-0.2, -0.15) is 0 Å². The number of hydrogen-bond donors (Lipinski definition) is 0. The molecule has 0 amide bonds. The summed E-state index contributed by atoms with van der Waals surface area (Å²) >= 11 is 0. The zero-order chi connectivity index (χ0) is 37.4. The van der Waals surface area contributed by atoms with Crippen LogP contribution in [0.3, 0.4) is 0 Å². The van der Waals surface area contributed by atoms with Gasteiger partial charge < -0.3 is 4.90 Å². The predicted octanol–water partition coefficient (Wildman–Crippen LogP) is 13.7. The monoisotopic (exact) mass is 709 g/mol. The molecule has 0 aliphatic heterocycles. The van der Waals surface area contributed by atoms with E-state index < -0.39 is 0 Å². The van der Waals surface area contributed by atoms with Gasteiger partial charge in [0.25, 0.3) is 0 Å². The summed E-state index contributed by atoms with van der Waals surface area (Å²) in [5.74, 6) is 0.624. The minimum Gasteiger partial charge on any atom is -0.309 e. The highest BCUT2D eigenvalue weighted by Gasteiger charge is 2.26. The maximum Gasteiger partial charge on any atom is 0.0618 e. The molecule has 10 rings (SSSR count). The number of rotatable bonds is 5. The second-order valence-corrected chi connectivity index (χ2v) is 17.0. The van der Waals surface area contributed by atoms with E-state index in [2.05, 4.69) is 191 Å². The number of hydrogen-bond acceptors (Lipinski definition) is 1. The minimum atomic E-state index is -0.0435. The zero-order valence-corrected chi connectivity index (χ0v) is 32.6. The Morgan fingerprint density at radius 3 is 1.75 bits per heavy atom. The first kappa shape index (κ1) is 33.6. The molecule has 0 saturated carbocycles. The lowest BCUT2D eigenvalue weighted by Gasteiger charge is -2.30. The van der Waals surface area contributed by atoms with Gasteiger partial charge >= 0.3 is 0 Å². The van der Waals surface area contributed by atoms with Gasteiger partial charge in [0.05, 0.1) is 5.69 Å². The smallest absolute Gasteiger partial charge is 0.0618 e. The van der Waals surface area contributed by atoms with Crippen LogP contribution in [0.1, 0.15) is 68.2 Å². The summed E-state index contributed by atoms with van der Waals surface area (Å²) in [7, 11) is 0. The van der Waals surface area contributed by atoms with Gasteiger partial charge in [-0.3, -0.25) is 0 Å². The van der Waals surface area contributed by atoms with E-state index in [0.717, 1.165) is 17.8 Å². The first-order valence-corrected chi connectivity index (χ1v) is 20.0. The molecule has 1 unspecified atom stereocenters. The second kappa shape index (κ2) is 12.8. The molecule has 0 saturated heterocycles. The lowest BCUT2D eigenvalue weighted by molar-refractivity contribution is 0.591. The molecule has 268 valence electrons. The average molecular weight is 710 g/mol. The molecule has 8 aromatic rings. The van der Waals surface area contributed by atoms with Gasteiger partial charge in [-0.15, -0.1) is 0 Å². The Balaban J connectivity index is 1.27. The van der Waals surface area contributed by atoms with Crippen molar-refractivity contribution in [3.63, 3.8) is 0 Å². The standard InChI is InChI=1S/C54H47N/c1-34-17-25-42(26-18-34)55(43-27-19-35(2)20-28-43)53-48-15-8-6-13-45(48)51(46-14-7-9-16-49(46)53)40-31-39(32-41(33-40)54(3,4)5)44-29-23-38-22-21-36-11-10-12-37-24-30-47(44)52(38)50(36)37/h6-9,12-20,22-33,36H,10-11,21H2,1-5H3. The van der Waals surface area contributed by atoms with E-state index in [1.54, 1.807) is 5.56 Å². The fraction of sp³-hybridized carbons (Fsp3) is 0.185. The summed E-state index contributed by atoms with van der Waals surface area (Å²) in [4.78, 5) is 2.46. The van der Waals surface area contributed by atoms with Crippen molar-refractivity contribution in [3.05, 3.63) is 172 Å². The first-order valence-electron chi connectivity index (χ1n) is 20.0. The minimum absolute atomic E-state index is 0.0435. The van der Waals surface area contributed by atoms with Crippen molar-refractivity contribution < 1.29 is 0 Å². The van der Waals surface area contributed by atoms with Crippen LogP contribution in [0, 0.1) is 13.8 Å². The maximum absolute atomic E-state index is 2.49. The molecule has 0 N–H and O–H groups in total. The van der Waals surface area contributed by atoms with Gasteiger partial charge in [-0.05, 0) is 140 Å². The van der Waals surface area contributed by atoms with Gasteiger partial charge in [-0.1, -0.05) is 153 Å². The normalized spacial score (nSPS) is 14.9. The van der Waals surface area contributed by atoms with Gasteiger partial charge in [0, 0.05) is 22.1 Å². The molecule has 2 aliphatic rings. The van der Waals surface area contributed by atoms with Gasteiger partial charge in [-0.25, -0.2) is 0 Å². The highest BCUT2D eigenvalue weighted by Crippen LogP contribution is 2.49. The molecular formula is C54H47N. The molecule has 55 heavy (non-hydrogen) atoms. The lowest BCUT2D eigenvalue weighted by Crippen LogP contribution is -2.24. The largest absolute Gasteiger partial charge is 0.309 e. The third-order valence-corrected chi connectivity index (χ3v) is 12.3. The summed E-state index contributed by atoms with van der Waals surface area (Å²) in [6, 6.07) is 53.0. The van der Waals surface area contributed by atoms with E-state index in [0.29, 0.717) is 5.92 Å². The van der Waals surface area contributed by atoms with E-state index in [1.165, 1.54) is 100 Å². The van der Waals surface area contributed by atoms with Gasteiger partial charge in [0.1, 0.15) is 0 Å². The molecule has 0 bridgehead atoms. The molecule has 0 heterocycles. The van der Waals surface area contributed by atoms with Crippen LogP contribution < -0.4 is 15.3 Å². The van der Waals surface area contributed by atoms with Crippen LogP contribution in [-0.4, -0.2) is 0 Å².